The predicted octanol–water partition coefficient (Wildman–Crippen LogP) is 4.72. The van der Waals surface area contributed by atoms with Crippen molar-refractivity contribution in [3.05, 3.63) is 39.0 Å². The Balaban J connectivity index is 1.59. The maximum atomic E-state index is 13.2. The van der Waals surface area contributed by atoms with Gasteiger partial charge in [-0.2, -0.15) is 0 Å². The van der Waals surface area contributed by atoms with E-state index in [1.165, 1.54) is 23.1 Å². The Bertz CT molecular complexity index is 1200. The number of carbonyl (C=O) groups excluding carboxylic acids is 1. The second-order valence-corrected chi connectivity index (χ2v) is 10.00. The third kappa shape index (κ3) is 4.29. The third-order valence-corrected chi connectivity index (χ3v) is 7.47. The van der Waals surface area contributed by atoms with Crippen LogP contribution in [0.4, 0.5) is 5.69 Å². The van der Waals surface area contributed by atoms with E-state index >= 15 is 0 Å². The number of ether oxygens (including phenoxy) is 2. The Morgan fingerprint density at radius 2 is 2.10 bits per heavy atom. The first-order valence-electron chi connectivity index (χ1n) is 10.3. The van der Waals surface area contributed by atoms with Gasteiger partial charge in [0.2, 0.25) is 12.7 Å². The smallest absolute Gasteiger partial charge is 0.263 e. The molecule has 1 atom stereocenters. The number of hydrogen-bond acceptors (Lipinski definition) is 7. The lowest BCUT2D eigenvalue weighted by Gasteiger charge is -2.16. The van der Waals surface area contributed by atoms with Gasteiger partial charge in [0.25, 0.3) is 5.56 Å². The number of carbonyl (C=O) groups is 1. The zero-order valence-corrected chi connectivity index (χ0v) is 19.6. The minimum Gasteiger partial charge on any atom is -0.454 e. The minimum atomic E-state index is -0.440. The number of thioether (sulfide) groups is 1. The summed E-state index contributed by atoms with van der Waals surface area (Å²) < 4.78 is 12.4. The first-order chi connectivity index (χ1) is 14.9. The van der Waals surface area contributed by atoms with Crippen molar-refractivity contribution >= 4 is 44.9 Å². The van der Waals surface area contributed by atoms with Crippen LogP contribution in [-0.2, 0) is 11.3 Å². The summed E-state index contributed by atoms with van der Waals surface area (Å²) in [7, 11) is 0. The maximum absolute atomic E-state index is 13.2. The molecule has 0 saturated heterocycles. The molecule has 3 heterocycles. The van der Waals surface area contributed by atoms with Crippen LogP contribution in [0.5, 0.6) is 11.5 Å². The number of amides is 1. The van der Waals surface area contributed by atoms with E-state index < -0.39 is 5.25 Å². The fourth-order valence-corrected chi connectivity index (χ4v) is 5.35. The number of unbranched alkanes of at least 4 members (excludes halogenated alkanes) is 1. The van der Waals surface area contributed by atoms with Crippen LogP contribution >= 0.6 is 23.1 Å². The monoisotopic (exact) mass is 459 g/mol. The number of nitrogens with one attached hydrogen (secondary N) is 1. The zero-order valence-electron chi connectivity index (χ0n) is 18.0. The van der Waals surface area contributed by atoms with Crippen LogP contribution in [0, 0.1) is 13.8 Å². The first-order valence-corrected chi connectivity index (χ1v) is 12.0. The molecule has 0 fully saturated rings. The molecule has 31 heavy (non-hydrogen) atoms. The molecule has 164 valence electrons. The number of thiophene rings is 1. The van der Waals surface area contributed by atoms with E-state index in [4.69, 9.17) is 14.5 Å². The van der Waals surface area contributed by atoms with E-state index in [0.29, 0.717) is 34.3 Å². The van der Waals surface area contributed by atoms with Gasteiger partial charge in [-0.05, 0) is 44.9 Å². The van der Waals surface area contributed by atoms with Gasteiger partial charge >= 0.3 is 0 Å². The highest BCUT2D eigenvalue weighted by molar-refractivity contribution is 8.00. The number of hydrogen-bond donors (Lipinski definition) is 1. The van der Waals surface area contributed by atoms with Crippen LogP contribution in [0.15, 0.2) is 28.2 Å². The number of nitrogens with zero attached hydrogens (tertiary/aromatic N) is 2. The molecule has 0 aliphatic carbocycles. The lowest BCUT2D eigenvalue weighted by Crippen LogP contribution is -2.27. The molecular formula is C22H25N3O4S2. The van der Waals surface area contributed by atoms with E-state index in [1.807, 2.05) is 20.8 Å². The predicted molar refractivity (Wildman–Crippen MR) is 125 cm³/mol. The van der Waals surface area contributed by atoms with Crippen molar-refractivity contribution in [2.24, 2.45) is 0 Å². The van der Waals surface area contributed by atoms with Gasteiger partial charge in [-0.1, -0.05) is 25.1 Å². The normalized spacial score (nSPS) is 13.5. The van der Waals surface area contributed by atoms with Crippen molar-refractivity contribution in [1.82, 2.24) is 9.55 Å². The average molecular weight is 460 g/mol. The topological polar surface area (TPSA) is 82.5 Å². The molecule has 2 aromatic heterocycles. The Kier molecular flexibility index (Phi) is 6.24. The molecular weight excluding hydrogens is 434 g/mol. The zero-order chi connectivity index (χ0) is 22.1. The summed E-state index contributed by atoms with van der Waals surface area (Å²) in [6, 6.07) is 5.30. The van der Waals surface area contributed by atoms with Crippen molar-refractivity contribution in [2.45, 2.75) is 57.5 Å². The fraction of sp³-hybridized carbons (Fsp3) is 0.409. The molecule has 7 nitrogen and oxygen atoms in total. The molecule has 1 aromatic carbocycles. The molecule has 4 rings (SSSR count). The van der Waals surface area contributed by atoms with Gasteiger partial charge < -0.3 is 14.8 Å². The minimum absolute atomic E-state index is 0.0221. The SMILES string of the molecule is CCCCn1c(SC(C)C(=O)Nc2ccc3c(c2)OCO3)nc2sc(C)c(C)c2c1=O. The molecule has 3 aromatic rings. The Morgan fingerprint density at radius 3 is 2.87 bits per heavy atom. The number of rotatable bonds is 7. The van der Waals surface area contributed by atoms with E-state index in [1.54, 1.807) is 22.8 Å². The van der Waals surface area contributed by atoms with Crippen molar-refractivity contribution in [3.8, 4) is 11.5 Å². The van der Waals surface area contributed by atoms with Crippen LogP contribution in [0.3, 0.4) is 0 Å². The third-order valence-electron chi connectivity index (χ3n) is 5.28. The number of aromatic nitrogens is 2. The van der Waals surface area contributed by atoms with Crippen molar-refractivity contribution < 1.29 is 14.3 Å². The summed E-state index contributed by atoms with van der Waals surface area (Å²) in [6.45, 7) is 8.65. The summed E-state index contributed by atoms with van der Waals surface area (Å²) in [4.78, 5) is 32.7. The lowest BCUT2D eigenvalue weighted by molar-refractivity contribution is -0.115. The number of aryl methyl sites for hydroxylation is 2. The molecule has 0 spiro atoms. The van der Waals surface area contributed by atoms with Crippen LogP contribution in [0.1, 0.15) is 37.1 Å². The largest absolute Gasteiger partial charge is 0.454 e. The molecule has 1 unspecified atom stereocenters. The van der Waals surface area contributed by atoms with E-state index in [2.05, 4.69) is 12.2 Å². The molecule has 9 heteroatoms. The number of fused-ring (bicyclic) bond motifs is 2. The van der Waals surface area contributed by atoms with Gasteiger partial charge in [-0.3, -0.25) is 14.2 Å². The first kappa shape index (κ1) is 21.7. The molecule has 0 saturated carbocycles. The molecule has 1 aliphatic heterocycles. The summed E-state index contributed by atoms with van der Waals surface area (Å²) >= 11 is 2.83. The van der Waals surface area contributed by atoms with E-state index in [0.717, 1.165) is 28.1 Å². The number of benzene rings is 1. The average Bonchev–Trinajstić information content (AvgIpc) is 3.31. The van der Waals surface area contributed by atoms with Crippen LogP contribution in [-0.4, -0.2) is 27.5 Å². The number of anilines is 1. The van der Waals surface area contributed by atoms with Gasteiger partial charge in [-0.25, -0.2) is 4.98 Å². The van der Waals surface area contributed by atoms with Gasteiger partial charge in [0.15, 0.2) is 16.7 Å². The molecule has 1 N–H and O–H groups in total. The quantitative estimate of drug-likeness (QED) is 0.407. The highest BCUT2D eigenvalue weighted by Gasteiger charge is 2.22. The van der Waals surface area contributed by atoms with Crippen molar-refractivity contribution in [3.63, 3.8) is 0 Å². The second-order valence-electron chi connectivity index (χ2n) is 7.49. The summed E-state index contributed by atoms with van der Waals surface area (Å²) in [5.74, 6) is 1.11. The molecule has 1 amide bonds. The Labute approximate surface area is 188 Å². The standard InChI is InChI=1S/C22H25N3O4S2/c1-5-6-9-25-21(27)18-12(2)13(3)30-20(18)24-22(25)31-14(4)19(26)23-15-7-8-16-17(10-15)29-11-28-16/h7-8,10,14H,5-6,9,11H2,1-4H3,(H,23,26). The summed E-state index contributed by atoms with van der Waals surface area (Å²) in [5, 5.41) is 3.75. The van der Waals surface area contributed by atoms with E-state index in [-0.39, 0.29) is 18.3 Å². The van der Waals surface area contributed by atoms with Crippen LogP contribution in [0.2, 0.25) is 0 Å². The highest BCUT2D eigenvalue weighted by atomic mass is 32.2. The van der Waals surface area contributed by atoms with Crippen LogP contribution in [0.25, 0.3) is 10.2 Å². The van der Waals surface area contributed by atoms with Crippen molar-refractivity contribution in [1.29, 1.82) is 0 Å². The molecule has 1 aliphatic rings. The second kappa shape index (κ2) is 8.92. The lowest BCUT2D eigenvalue weighted by atomic mass is 10.2. The highest BCUT2D eigenvalue weighted by Crippen LogP contribution is 2.35. The Morgan fingerprint density at radius 1 is 1.32 bits per heavy atom. The maximum Gasteiger partial charge on any atom is 0.263 e. The molecule has 0 bridgehead atoms. The van der Waals surface area contributed by atoms with Crippen molar-refractivity contribution in [2.75, 3.05) is 12.1 Å². The van der Waals surface area contributed by atoms with Gasteiger partial charge in [0, 0.05) is 23.2 Å². The summed E-state index contributed by atoms with van der Waals surface area (Å²) in [6.07, 6.45) is 1.84. The fourth-order valence-electron chi connectivity index (χ4n) is 3.34. The van der Waals surface area contributed by atoms with E-state index in [9.17, 15) is 9.59 Å². The van der Waals surface area contributed by atoms with Gasteiger partial charge in [0.05, 0.1) is 10.6 Å². The molecule has 0 radical (unpaired) electrons. The Hall–Kier alpha value is -2.52. The summed E-state index contributed by atoms with van der Waals surface area (Å²) in [5.41, 5.74) is 1.61. The van der Waals surface area contributed by atoms with Gasteiger partial charge in [0.1, 0.15) is 4.83 Å². The van der Waals surface area contributed by atoms with Gasteiger partial charge in [-0.15, -0.1) is 11.3 Å². The van der Waals surface area contributed by atoms with Crippen LogP contribution < -0.4 is 20.3 Å².